The first-order valence-corrected chi connectivity index (χ1v) is 11.4. The van der Waals surface area contributed by atoms with Gasteiger partial charge in [-0.05, 0) is 59.1 Å². The molecule has 0 atom stereocenters. The maximum atomic E-state index is 12.9. The van der Waals surface area contributed by atoms with Gasteiger partial charge in [0, 0.05) is 18.8 Å². The van der Waals surface area contributed by atoms with E-state index in [1.807, 2.05) is 0 Å². The van der Waals surface area contributed by atoms with Crippen molar-refractivity contribution in [3.63, 3.8) is 0 Å². The van der Waals surface area contributed by atoms with E-state index in [0.29, 0.717) is 23.4 Å². The second-order valence-electron chi connectivity index (χ2n) is 6.57. The molecule has 2 heterocycles. The van der Waals surface area contributed by atoms with Gasteiger partial charge in [-0.2, -0.15) is 4.31 Å². The number of rotatable bonds is 6. The molecule has 156 valence electrons. The Morgan fingerprint density at radius 1 is 1.10 bits per heavy atom. The zero-order valence-corrected chi connectivity index (χ0v) is 18.0. The van der Waals surface area contributed by atoms with E-state index in [1.165, 1.54) is 28.6 Å². The molecule has 8 nitrogen and oxygen atoms in total. The van der Waals surface area contributed by atoms with Gasteiger partial charge in [-0.1, -0.05) is 18.9 Å². The second-order valence-corrected chi connectivity index (χ2v) is 9.29. The number of nitrogens with one attached hydrogen (secondary N) is 1. The van der Waals surface area contributed by atoms with Crippen molar-refractivity contribution >= 4 is 43.5 Å². The first-order chi connectivity index (χ1) is 13.9. The van der Waals surface area contributed by atoms with Crippen molar-refractivity contribution in [3.05, 3.63) is 46.8 Å². The van der Waals surface area contributed by atoms with E-state index in [-0.39, 0.29) is 10.7 Å². The van der Waals surface area contributed by atoms with Crippen LogP contribution in [0.25, 0.3) is 0 Å². The summed E-state index contributed by atoms with van der Waals surface area (Å²) in [5.41, 5.74) is 0.308. The minimum Gasteiger partial charge on any atom is -0.450 e. The first-order valence-electron chi connectivity index (χ1n) is 9.19. The number of anilines is 1. The van der Waals surface area contributed by atoms with Crippen LogP contribution in [0.1, 0.15) is 36.2 Å². The van der Waals surface area contributed by atoms with Gasteiger partial charge in [-0.25, -0.2) is 13.2 Å². The summed E-state index contributed by atoms with van der Waals surface area (Å²) in [5.74, 6) is -1.40. The first kappa shape index (κ1) is 21.5. The molecule has 1 saturated heterocycles. The van der Waals surface area contributed by atoms with E-state index in [2.05, 4.69) is 21.2 Å². The van der Waals surface area contributed by atoms with Crippen LogP contribution in [0.3, 0.4) is 0 Å². The van der Waals surface area contributed by atoms with E-state index in [9.17, 15) is 18.0 Å². The molecule has 1 aromatic carbocycles. The molecule has 3 rings (SSSR count). The quantitative estimate of drug-likeness (QED) is 0.629. The number of nitrogens with zero attached hydrogens (tertiary/aromatic N) is 1. The molecule has 0 spiro atoms. The minimum absolute atomic E-state index is 0.0322. The number of hydrogen-bond acceptors (Lipinski definition) is 6. The van der Waals surface area contributed by atoms with Crippen LogP contribution >= 0.6 is 15.9 Å². The van der Waals surface area contributed by atoms with Crippen molar-refractivity contribution in [2.45, 2.75) is 30.6 Å². The second kappa shape index (κ2) is 9.55. The van der Waals surface area contributed by atoms with E-state index < -0.39 is 28.5 Å². The monoisotopic (exact) mass is 484 g/mol. The van der Waals surface area contributed by atoms with Crippen LogP contribution in [0.5, 0.6) is 0 Å². The Balaban J connectivity index is 1.61. The summed E-state index contributed by atoms with van der Waals surface area (Å²) in [6.07, 6.45) is 3.73. The van der Waals surface area contributed by atoms with E-state index in [0.717, 1.165) is 25.7 Å². The number of carbonyl (C=O) groups excluding carboxylic acids is 2. The lowest BCUT2D eigenvalue weighted by Crippen LogP contribution is -2.32. The highest BCUT2D eigenvalue weighted by Gasteiger charge is 2.25. The van der Waals surface area contributed by atoms with Gasteiger partial charge in [-0.3, -0.25) is 4.79 Å². The van der Waals surface area contributed by atoms with Crippen LogP contribution in [0.4, 0.5) is 5.69 Å². The van der Waals surface area contributed by atoms with Crippen molar-refractivity contribution in [2.75, 3.05) is 25.0 Å². The maximum Gasteiger partial charge on any atom is 0.374 e. The standard InChI is InChI=1S/C19H21BrN2O6S/c20-17-9-8-16(28-17)19(24)27-13-18(23)21-14-6-5-7-15(12-14)29(25,26)22-10-3-1-2-4-11-22/h5-9,12H,1-4,10-11,13H2,(H,21,23). The third-order valence-corrected chi connectivity index (χ3v) is 6.75. The predicted molar refractivity (Wildman–Crippen MR) is 109 cm³/mol. The van der Waals surface area contributed by atoms with Crippen molar-refractivity contribution < 1.29 is 27.2 Å². The molecular weight excluding hydrogens is 464 g/mol. The summed E-state index contributed by atoms with van der Waals surface area (Å²) in [5, 5.41) is 2.54. The zero-order valence-electron chi connectivity index (χ0n) is 15.6. The third-order valence-electron chi connectivity index (χ3n) is 4.43. The molecule has 10 heteroatoms. The molecule has 0 radical (unpaired) electrons. The van der Waals surface area contributed by atoms with Crippen molar-refractivity contribution in [3.8, 4) is 0 Å². The highest BCUT2D eigenvalue weighted by Crippen LogP contribution is 2.22. The highest BCUT2D eigenvalue weighted by atomic mass is 79.9. The Labute approximate surface area is 177 Å². The number of ether oxygens (including phenoxy) is 1. The summed E-state index contributed by atoms with van der Waals surface area (Å²) >= 11 is 3.07. The van der Waals surface area contributed by atoms with Crippen LogP contribution in [0, 0.1) is 0 Å². The Morgan fingerprint density at radius 3 is 2.48 bits per heavy atom. The number of halogens is 1. The normalized spacial score (nSPS) is 15.5. The zero-order chi connectivity index (χ0) is 20.9. The summed E-state index contributed by atoms with van der Waals surface area (Å²) in [6.45, 7) is 0.468. The summed E-state index contributed by atoms with van der Waals surface area (Å²) < 4.78 is 37.6. The fourth-order valence-corrected chi connectivity index (χ4v) is 4.86. The molecule has 0 saturated carbocycles. The fraction of sp³-hybridized carbons (Fsp3) is 0.368. The lowest BCUT2D eigenvalue weighted by Gasteiger charge is -2.20. The van der Waals surface area contributed by atoms with Gasteiger partial charge in [0.1, 0.15) is 0 Å². The van der Waals surface area contributed by atoms with Gasteiger partial charge in [0.05, 0.1) is 4.90 Å². The van der Waals surface area contributed by atoms with Crippen LogP contribution in [0.15, 0.2) is 50.4 Å². The Morgan fingerprint density at radius 2 is 1.83 bits per heavy atom. The Hall–Kier alpha value is -2.17. The average molecular weight is 485 g/mol. The summed E-state index contributed by atoms with van der Waals surface area (Å²) in [4.78, 5) is 24.0. The Bertz CT molecular complexity index is 980. The minimum atomic E-state index is -3.62. The number of benzene rings is 1. The lowest BCUT2D eigenvalue weighted by molar-refractivity contribution is -0.119. The van der Waals surface area contributed by atoms with Gasteiger partial charge >= 0.3 is 5.97 Å². The van der Waals surface area contributed by atoms with Crippen LogP contribution in [-0.2, 0) is 19.6 Å². The smallest absolute Gasteiger partial charge is 0.374 e. The average Bonchev–Trinajstić information content (AvgIpc) is 2.95. The van der Waals surface area contributed by atoms with Crippen molar-refractivity contribution in [1.29, 1.82) is 0 Å². The topological polar surface area (TPSA) is 106 Å². The van der Waals surface area contributed by atoms with E-state index in [1.54, 1.807) is 12.1 Å². The number of carbonyl (C=O) groups is 2. The molecular formula is C19H21BrN2O6S. The largest absolute Gasteiger partial charge is 0.450 e. The molecule has 1 aromatic heterocycles. The lowest BCUT2D eigenvalue weighted by atomic mass is 10.2. The summed E-state index contributed by atoms with van der Waals surface area (Å²) in [6, 6.07) is 9.00. The SMILES string of the molecule is O=C(COC(=O)c1ccc(Br)o1)Nc1cccc(S(=O)(=O)N2CCCCCC2)c1. The van der Waals surface area contributed by atoms with E-state index in [4.69, 9.17) is 9.15 Å². The number of amides is 1. The molecule has 0 bridgehead atoms. The van der Waals surface area contributed by atoms with Crippen LogP contribution in [0.2, 0.25) is 0 Å². The molecule has 1 aliphatic heterocycles. The van der Waals surface area contributed by atoms with Crippen molar-refractivity contribution in [2.24, 2.45) is 0 Å². The van der Waals surface area contributed by atoms with Crippen LogP contribution in [-0.4, -0.2) is 44.3 Å². The molecule has 0 unspecified atom stereocenters. The molecule has 0 aliphatic carbocycles. The predicted octanol–water partition coefficient (Wildman–Crippen LogP) is 3.40. The van der Waals surface area contributed by atoms with E-state index >= 15 is 0 Å². The maximum absolute atomic E-state index is 12.9. The van der Waals surface area contributed by atoms with Gasteiger partial charge < -0.3 is 14.5 Å². The van der Waals surface area contributed by atoms with Crippen molar-refractivity contribution in [1.82, 2.24) is 4.31 Å². The number of sulfonamides is 1. The van der Waals surface area contributed by atoms with Gasteiger partial charge in [0.25, 0.3) is 5.91 Å². The van der Waals surface area contributed by atoms with Gasteiger partial charge in [0.2, 0.25) is 15.8 Å². The number of esters is 1. The molecule has 29 heavy (non-hydrogen) atoms. The number of furan rings is 1. The van der Waals surface area contributed by atoms with Gasteiger partial charge in [0.15, 0.2) is 11.3 Å². The highest BCUT2D eigenvalue weighted by molar-refractivity contribution is 9.10. The summed E-state index contributed by atoms with van der Waals surface area (Å²) in [7, 11) is -3.62. The molecule has 1 aliphatic rings. The Kier molecular flexibility index (Phi) is 7.09. The number of hydrogen-bond donors (Lipinski definition) is 1. The van der Waals surface area contributed by atoms with Gasteiger partial charge in [-0.15, -0.1) is 0 Å². The fourth-order valence-electron chi connectivity index (χ4n) is 2.99. The molecule has 1 fully saturated rings. The molecule has 1 N–H and O–H groups in total. The molecule has 1 amide bonds. The van der Waals surface area contributed by atoms with Crippen LogP contribution < -0.4 is 5.32 Å². The molecule has 2 aromatic rings. The third kappa shape index (κ3) is 5.68.